The third-order valence-electron chi connectivity index (χ3n) is 3.34. The third-order valence-corrected chi connectivity index (χ3v) is 3.34. The molecule has 0 fully saturated rings. The summed E-state index contributed by atoms with van der Waals surface area (Å²) in [4.78, 5) is 4.25. The molecule has 112 valence electrons. The topological polar surface area (TPSA) is 43.4 Å². The average molecular weight is 286 g/mol. The van der Waals surface area contributed by atoms with Gasteiger partial charge in [-0.1, -0.05) is 18.2 Å². The van der Waals surface area contributed by atoms with E-state index in [1.807, 2.05) is 12.1 Å². The van der Waals surface area contributed by atoms with Crippen molar-refractivity contribution in [3.05, 3.63) is 53.2 Å². The third kappa shape index (κ3) is 4.76. The van der Waals surface area contributed by atoms with Crippen molar-refractivity contribution in [2.24, 2.45) is 0 Å². The predicted molar refractivity (Wildman–Crippen MR) is 84.9 cm³/mol. The molecule has 0 amide bonds. The smallest absolute Gasteiger partial charge is 0.213 e. The monoisotopic (exact) mass is 286 g/mol. The van der Waals surface area contributed by atoms with E-state index >= 15 is 0 Å². The molecule has 1 aromatic heterocycles. The first-order chi connectivity index (χ1) is 10.2. The molecule has 0 aliphatic heterocycles. The maximum atomic E-state index is 5.43. The highest BCUT2D eigenvalue weighted by Crippen LogP contribution is 2.14. The maximum absolute atomic E-state index is 5.43. The first-order valence-electron chi connectivity index (χ1n) is 7.07. The van der Waals surface area contributed by atoms with Crippen LogP contribution in [0.4, 0.5) is 5.69 Å². The van der Waals surface area contributed by atoms with Gasteiger partial charge < -0.3 is 14.8 Å². The normalized spacial score (nSPS) is 10.4. The van der Waals surface area contributed by atoms with E-state index in [4.69, 9.17) is 9.47 Å². The van der Waals surface area contributed by atoms with E-state index < -0.39 is 0 Å². The van der Waals surface area contributed by atoms with Crippen LogP contribution < -0.4 is 10.1 Å². The van der Waals surface area contributed by atoms with Crippen molar-refractivity contribution in [3.63, 3.8) is 0 Å². The molecule has 1 aromatic carbocycles. The number of methoxy groups -OCH3 is 1. The van der Waals surface area contributed by atoms with E-state index in [0.717, 1.165) is 12.2 Å². The molecule has 4 nitrogen and oxygen atoms in total. The van der Waals surface area contributed by atoms with Crippen molar-refractivity contribution >= 4 is 5.69 Å². The van der Waals surface area contributed by atoms with Crippen molar-refractivity contribution in [1.82, 2.24) is 4.98 Å². The summed E-state index contributed by atoms with van der Waals surface area (Å²) in [5, 5.41) is 3.36. The van der Waals surface area contributed by atoms with Crippen LogP contribution >= 0.6 is 0 Å². The maximum Gasteiger partial charge on any atom is 0.213 e. The Morgan fingerprint density at radius 3 is 2.57 bits per heavy atom. The molecule has 4 heteroatoms. The van der Waals surface area contributed by atoms with Crippen LogP contribution in [0, 0.1) is 13.8 Å². The van der Waals surface area contributed by atoms with Crippen molar-refractivity contribution < 1.29 is 9.47 Å². The van der Waals surface area contributed by atoms with Gasteiger partial charge in [-0.2, -0.15) is 0 Å². The molecule has 0 saturated heterocycles. The second-order valence-corrected chi connectivity index (χ2v) is 5.00. The van der Waals surface area contributed by atoms with E-state index in [-0.39, 0.29) is 0 Å². The van der Waals surface area contributed by atoms with Gasteiger partial charge in [0.05, 0.1) is 18.5 Å². The van der Waals surface area contributed by atoms with Gasteiger partial charge in [0.2, 0.25) is 5.88 Å². The molecular formula is C17H22N2O2. The molecule has 1 N–H and O–H groups in total. The zero-order chi connectivity index (χ0) is 15.1. The molecule has 0 aliphatic rings. The minimum atomic E-state index is 0.513. The van der Waals surface area contributed by atoms with Gasteiger partial charge in [0.25, 0.3) is 0 Å². The van der Waals surface area contributed by atoms with Crippen LogP contribution in [0.3, 0.4) is 0 Å². The lowest BCUT2D eigenvalue weighted by Crippen LogP contribution is -2.05. The Bertz CT molecular complexity index is 568. The zero-order valence-electron chi connectivity index (χ0n) is 12.8. The standard InChI is InChI=1S/C17H22N2O2/c1-13-4-5-15(10-14(13)2)11-18-16-6-7-17(19-12-16)21-9-8-20-3/h4-7,10,12,18H,8-9,11H2,1-3H3. The van der Waals surface area contributed by atoms with Crippen molar-refractivity contribution in [3.8, 4) is 5.88 Å². The molecular weight excluding hydrogens is 264 g/mol. The Labute approximate surface area is 126 Å². The highest BCUT2D eigenvalue weighted by atomic mass is 16.5. The Hall–Kier alpha value is -2.07. The second-order valence-electron chi connectivity index (χ2n) is 5.00. The Kier molecular flexibility index (Phi) is 5.58. The second kappa shape index (κ2) is 7.64. The summed E-state index contributed by atoms with van der Waals surface area (Å²) in [6, 6.07) is 10.3. The summed E-state index contributed by atoms with van der Waals surface area (Å²) in [6.07, 6.45) is 1.78. The molecule has 21 heavy (non-hydrogen) atoms. The number of ether oxygens (including phenoxy) is 2. The first kappa shape index (κ1) is 15.3. The molecule has 0 bridgehead atoms. The molecule has 0 radical (unpaired) electrons. The highest BCUT2D eigenvalue weighted by molar-refractivity contribution is 5.43. The number of pyridine rings is 1. The minimum absolute atomic E-state index is 0.513. The molecule has 0 saturated carbocycles. The number of benzene rings is 1. The fourth-order valence-electron chi connectivity index (χ4n) is 1.92. The molecule has 0 unspecified atom stereocenters. The molecule has 2 rings (SSSR count). The lowest BCUT2D eigenvalue weighted by Gasteiger charge is -2.09. The summed E-state index contributed by atoms with van der Waals surface area (Å²) >= 11 is 0. The number of hydrogen-bond acceptors (Lipinski definition) is 4. The average Bonchev–Trinajstić information content (AvgIpc) is 2.50. The Morgan fingerprint density at radius 1 is 1.05 bits per heavy atom. The van der Waals surface area contributed by atoms with E-state index in [2.05, 4.69) is 42.3 Å². The molecule has 1 heterocycles. The van der Waals surface area contributed by atoms with E-state index in [0.29, 0.717) is 19.1 Å². The van der Waals surface area contributed by atoms with Gasteiger partial charge in [-0.3, -0.25) is 0 Å². The van der Waals surface area contributed by atoms with E-state index in [1.165, 1.54) is 16.7 Å². The number of aryl methyl sites for hydroxylation is 2. The van der Waals surface area contributed by atoms with Crippen LogP contribution in [0.15, 0.2) is 36.5 Å². The summed E-state index contributed by atoms with van der Waals surface area (Å²) in [5.74, 6) is 0.615. The fraction of sp³-hybridized carbons (Fsp3) is 0.353. The Morgan fingerprint density at radius 2 is 1.90 bits per heavy atom. The lowest BCUT2D eigenvalue weighted by molar-refractivity contribution is 0.144. The zero-order valence-corrected chi connectivity index (χ0v) is 12.8. The number of hydrogen-bond donors (Lipinski definition) is 1. The van der Waals surface area contributed by atoms with Crippen LogP contribution in [0.5, 0.6) is 5.88 Å². The first-order valence-corrected chi connectivity index (χ1v) is 7.07. The highest BCUT2D eigenvalue weighted by Gasteiger charge is 1.99. The molecule has 0 aliphatic carbocycles. The summed E-state index contributed by atoms with van der Waals surface area (Å²) < 4.78 is 10.4. The molecule has 0 spiro atoms. The Balaban J connectivity index is 1.86. The van der Waals surface area contributed by atoms with E-state index in [9.17, 15) is 0 Å². The van der Waals surface area contributed by atoms with Gasteiger partial charge in [0.1, 0.15) is 6.61 Å². The van der Waals surface area contributed by atoms with Crippen LogP contribution in [-0.4, -0.2) is 25.3 Å². The summed E-state index contributed by atoms with van der Waals surface area (Å²) in [5.41, 5.74) is 4.87. The SMILES string of the molecule is COCCOc1ccc(NCc2ccc(C)c(C)c2)cn1. The van der Waals surface area contributed by atoms with Gasteiger partial charge >= 0.3 is 0 Å². The number of nitrogens with zero attached hydrogens (tertiary/aromatic N) is 1. The number of aromatic nitrogens is 1. The number of anilines is 1. The van der Waals surface area contributed by atoms with Crippen LogP contribution in [0.1, 0.15) is 16.7 Å². The largest absolute Gasteiger partial charge is 0.475 e. The van der Waals surface area contributed by atoms with Crippen molar-refractivity contribution in [1.29, 1.82) is 0 Å². The van der Waals surface area contributed by atoms with Crippen LogP contribution in [0.2, 0.25) is 0 Å². The van der Waals surface area contributed by atoms with Crippen molar-refractivity contribution in [2.75, 3.05) is 25.6 Å². The van der Waals surface area contributed by atoms with Gasteiger partial charge in [-0.15, -0.1) is 0 Å². The van der Waals surface area contributed by atoms with Crippen LogP contribution in [-0.2, 0) is 11.3 Å². The molecule has 0 atom stereocenters. The summed E-state index contributed by atoms with van der Waals surface area (Å²) in [7, 11) is 1.65. The van der Waals surface area contributed by atoms with Gasteiger partial charge in [-0.05, 0) is 36.6 Å². The van der Waals surface area contributed by atoms with Gasteiger partial charge in [0.15, 0.2) is 0 Å². The predicted octanol–water partition coefficient (Wildman–Crippen LogP) is 3.34. The van der Waals surface area contributed by atoms with Crippen molar-refractivity contribution in [2.45, 2.75) is 20.4 Å². The van der Waals surface area contributed by atoms with E-state index in [1.54, 1.807) is 13.3 Å². The minimum Gasteiger partial charge on any atom is -0.475 e. The van der Waals surface area contributed by atoms with Crippen LogP contribution in [0.25, 0.3) is 0 Å². The lowest BCUT2D eigenvalue weighted by atomic mass is 10.1. The van der Waals surface area contributed by atoms with Gasteiger partial charge in [-0.25, -0.2) is 4.98 Å². The molecule has 2 aromatic rings. The fourth-order valence-corrected chi connectivity index (χ4v) is 1.92. The summed E-state index contributed by atoms with van der Waals surface area (Å²) in [6.45, 7) is 6.12. The quantitative estimate of drug-likeness (QED) is 0.793. The van der Waals surface area contributed by atoms with Gasteiger partial charge in [0, 0.05) is 19.7 Å². The number of nitrogens with one attached hydrogen (secondary N) is 1. The number of rotatable bonds is 7.